The molecule has 0 bridgehead atoms. The number of fused-ring (bicyclic) bond motifs is 1. The predicted molar refractivity (Wildman–Crippen MR) is 135 cm³/mol. The number of hydrogen-bond acceptors (Lipinski definition) is 14. The summed E-state index contributed by atoms with van der Waals surface area (Å²) in [7, 11) is 0. The second-order valence-corrected chi connectivity index (χ2v) is 10.2. The molecule has 2 fully saturated rings. The van der Waals surface area contributed by atoms with E-state index in [1.165, 1.54) is 31.2 Å². The molecule has 41 heavy (non-hydrogen) atoms. The smallest absolute Gasteiger partial charge is 0.228 e. The molecule has 14 nitrogen and oxygen atoms in total. The Labute approximate surface area is 233 Å². The molecular weight excluding hydrogens is 548 g/mol. The van der Waals surface area contributed by atoms with Gasteiger partial charge in [-0.2, -0.15) is 0 Å². The van der Waals surface area contributed by atoms with Crippen LogP contribution in [-0.2, 0) is 18.9 Å². The summed E-state index contributed by atoms with van der Waals surface area (Å²) in [5.74, 6) is -0.468. The Hall–Kier alpha value is -3.18. The lowest BCUT2D eigenvalue weighted by Gasteiger charge is -2.43. The van der Waals surface area contributed by atoms with Gasteiger partial charge in [-0.25, -0.2) is 0 Å². The topological polar surface area (TPSA) is 228 Å². The number of hydrogen-bond donors (Lipinski definition) is 9. The van der Waals surface area contributed by atoms with Crippen LogP contribution in [-0.4, -0.2) is 114 Å². The number of phenolic OH excluding ortho intramolecular Hbond substituents is 3. The Bertz CT molecular complexity index is 1250. The number of phenols is 3. The van der Waals surface area contributed by atoms with E-state index in [1.807, 2.05) is 0 Å². The molecule has 9 N–H and O–H groups in total. The minimum absolute atomic E-state index is 0.00783. The van der Waals surface area contributed by atoms with Gasteiger partial charge >= 0.3 is 0 Å². The van der Waals surface area contributed by atoms with Gasteiger partial charge in [-0.15, -0.1) is 0 Å². The third-order valence-electron chi connectivity index (χ3n) is 7.24. The summed E-state index contributed by atoms with van der Waals surface area (Å²) in [6.45, 7) is 0.982. The first kappa shape index (κ1) is 29.3. The standard InChI is InChI=1S/C27H32O14/c1-10-19(31)21(33)23(35)26(38-10)37-9-18-20(32)22(34)24(36)27(41-18)40-17-8-14-15(30)6-13(29)7-16(14)39-25(17)11-2-4-12(28)5-3-11/h2-8,10,18-36H,9H2,1H3/t10?,18?,19-,20+,21-,22?,23?,24?,25?,26+,27+/m0/s1. The van der Waals surface area contributed by atoms with E-state index in [9.17, 15) is 46.0 Å². The Morgan fingerprint density at radius 1 is 0.732 bits per heavy atom. The number of rotatable bonds is 6. The fraction of sp³-hybridized carbons (Fsp3) is 0.481. The molecule has 2 aromatic rings. The maximum absolute atomic E-state index is 10.7. The van der Waals surface area contributed by atoms with Gasteiger partial charge in [0.25, 0.3) is 0 Å². The third kappa shape index (κ3) is 5.79. The lowest BCUT2D eigenvalue weighted by molar-refractivity contribution is -0.324. The van der Waals surface area contributed by atoms with E-state index in [-0.39, 0.29) is 34.3 Å². The van der Waals surface area contributed by atoms with Crippen LogP contribution < -0.4 is 4.74 Å². The molecule has 0 amide bonds. The number of aliphatic hydroxyl groups is 6. The van der Waals surface area contributed by atoms with Crippen LogP contribution in [0.1, 0.15) is 24.2 Å². The first-order valence-electron chi connectivity index (χ1n) is 12.8. The van der Waals surface area contributed by atoms with Crippen LogP contribution >= 0.6 is 0 Å². The van der Waals surface area contributed by atoms with Gasteiger partial charge in [0.15, 0.2) is 12.4 Å². The Balaban J connectivity index is 1.37. The zero-order chi connectivity index (χ0) is 29.6. The lowest BCUT2D eigenvalue weighted by Crippen LogP contribution is -2.61. The SMILES string of the molecule is CC1O[C@@H](OCC2O[C@@H](OC3=Cc4c(O)cc(O)cc4OC3c3ccc(O)cc3)C(O)C(O)[C@@H]2O)C(O)[C@@H](O)[C@H]1O. The van der Waals surface area contributed by atoms with Crippen molar-refractivity contribution in [3.8, 4) is 23.0 Å². The van der Waals surface area contributed by atoms with Crippen molar-refractivity contribution >= 4 is 6.08 Å². The van der Waals surface area contributed by atoms with Crippen LogP contribution in [0.4, 0.5) is 0 Å². The molecule has 224 valence electrons. The van der Waals surface area contributed by atoms with Crippen molar-refractivity contribution in [2.75, 3.05) is 6.61 Å². The Morgan fingerprint density at radius 3 is 2.10 bits per heavy atom. The highest BCUT2D eigenvalue weighted by Gasteiger charge is 2.48. The average Bonchev–Trinajstić information content (AvgIpc) is 2.94. The molecule has 3 aliphatic heterocycles. The van der Waals surface area contributed by atoms with E-state index in [2.05, 4.69) is 0 Å². The van der Waals surface area contributed by atoms with Gasteiger partial charge in [-0.05, 0) is 25.1 Å². The molecular formula is C27H32O14. The van der Waals surface area contributed by atoms with Gasteiger partial charge in [0.05, 0.1) is 18.3 Å². The van der Waals surface area contributed by atoms with Gasteiger partial charge in [0.2, 0.25) is 6.29 Å². The summed E-state index contributed by atoms with van der Waals surface area (Å²) >= 11 is 0. The molecule has 0 aliphatic carbocycles. The maximum atomic E-state index is 10.7. The summed E-state index contributed by atoms with van der Waals surface area (Å²) < 4.78 is 28.5. The van der Waals surface area contributed by atoms with Crippen molar-refractivity contribution in [1.82, 2.24) is 0 Å². The van der Waals surface area contributed by atoms with Crippen LogP contribution in [0.5, 0.6) is 23.0 Å². The second kappa shape index (κ2) is 11.6. The molecule has 14 heteroatoms. The highest BCUT2D eigenvalue weighted by molar-refractivity contribution is 5.69. The van der Waals surface area contributed by atoms with Gasteiger partial charge in [0, 0.05) is 17.7 Å². The summed E-state index contributed by atoms with van der Waals surface area (Å²) in [5.41, 5.74) is 0.628. The van der Waals surface area contributed by atoms with E-state index < -0.39 is 74.1 Å². The van der Waals surface area contributed by atoms with Crippen molar-refractivity contribution in [1.29, 1.82) is 0 Å². The average molecular weight is 581 g/mol. The summed E-state index contributed by atoms with van der Waals surface area (Å²) in [6.07, 6.45) is -14.5. The molecule has 5 rings (SSSR count). The van der Waals surface area contributed by atoms with Gasteiger partial charge in [0.1, 0.15) is 71.5 Å². The molecule has 3 heterocycles. The van der Waals surface area contributed by atoms with E-state index in [0.717, 1.165) is 6.07 Å². The van der Waals surface area contributed by atoms with Crippen LogP contribution in [0.2, 0.25) is 0 Å². The summed E-state index contributed by atoms with van der Waals surface area (Å²) in [4.78, 5) is 0. The predicted octanol–water partition coefficient (Wildman–Crippen LogP) is -1.05. The molecule has 3 aliphatic rings. The quantitative estimate of drug-likeness (QED) is 0.199. The Morgan fingerprint density at radius 2 is 1.39 bits per heavy atom. The molecule has 6 unspecified atom stereocenters. The number of ether oxygens (including phenoxy) is 5. The second-order valence-electron chi connectivity index (χ2n) is 10.2. The monoisotopic (exact) mass is 580 g/mol. The fourth-order valence-corrected chi connectivity index (χ4v) is 4.85. The highest BCUT2D eigenvalue weighted by atomic mass is 16.7. The largest absolute Gasteiger partial charge is 0.508 e. The van der Waals surface area contributed by atoms with Crippen LogP contribution in [0, 0.1) is 0 Å². The molecule has 11 atom stereocenters. The van der Waals surface area contributed by atoms with E-state index in [0.29, 0.717) is 5.56 Å². The van der Waals surface area contributed by atoms with Crippen molar-refractivity contribution in [2.24, 2.45) is 0 Å². The zero-order valence-corrected chi connectivity index (χ0v) is 21.7. The number of aromatic hydroxyl groups is 3. The fourth-order valence-electron chi connectivity index (χ4n) is 4.85. The molecule has 2 aromatic carbocycles. The summed E-state index contributed by atoms with van der Waals surface area (Å²) in [5, 5.41) is 91.9. The van der Waals surface area contributed by atoms with Gasteiger partial charge in [-0.3, -0.25) is 0 Å². The molecule has 0 aromatic heterocycles. The van der Waals surface area contributed by atoms with E-state index in [1.54, 1.807) is 12.1 Å². The van der Waals surface area contributed by atoms with Crippen LogP contribution in [0.25, 0.3) is 6.08 Å². The molecule has 0 saturated carbocycles. The van der Waals surface area contributed by atoms with Crippen molar-refractivity contribution in [3.05, 3.63) is 53.3 Å². The minimum atomic E-state index is -1.76. The van der Waals surface area contributed by atoms with E-state index >= 15 is 0 Å². The van der Waals surface area contributed by atoms with Crippen molar-refractivity contribution < 1.29 is 69.6 Å². The molecule has 0 radical (unpaired) electrons. The third-order valence-corrected chi connectivity index (χ3v) is 7.24. The summed E-state index contributed by atoms with van der Waals surface area (Å²) in [6, 6.07) is 8.27. The van der Waals surface area contributed by atoms with Gasteiger partial charge in [-0.1, -0.05) is 12.1 Å². The lowest BCUT2D eigenvalue weighted by atomic mass is 9.98. The zero-order valence-electron chi connectivity index (χ0n) is 21.7. The van der Waals surface area contributed by atoms with Crippen molar-refractivity contribution in [3.63, 3.8) is 0 Å². The Kier molecular flexibility index (Phi) is 8.29. The van der Waals surface area contributed by atoms with E-state index in [4.69, 9.17) is 23.7 Å². The minimum Gasteiger partial charge on any atom is -0.508 e. The molecule has 0 spiro atoms. The van der Waals surface area contributed by atoms with Gasteiger partial charge < -0.3 is 69.6 Å². The van der Waals surface area contributed by atoms with Crippen molar-refractivity contribution in [2.45, 2.75) is 74.4 Å². The van der Waals surface area contributed by atoms with Crippen LogP contribution in [0.3, 0.4) is 0 Å². The first-order chi connectivity index (χ1) is 19.4. The maximum Gasteiger partial charge on any atom is 0.228 e. The molecule has 2 saturated heterocycles. The number of aliphatic hydroxyl groups excluding tert-OH is 6. The highest BCUT2D eigenvalue weighted by Crippen LogP contribution is 2.44. The number of benzene rings is 2. The normalized spacial score (nSPS) is 37.0. The first-order valence-corrected chi connectivity index (χ1v) is 12.8. The van der Waals surface area contributed by atoms with Crippen LogP contribution in [0.15, 0.2) is 42.2 Å².